The van der Waals surface area contributed by atoms with Crippen molar-refractivity contribution in [1.29, 1.82) is 0 Å². The minimum absolute atomic E-state index is 0.370. The molecule has 1 aliphatic rings. The van der Waals surface area contributed by atoms with Crippen molar-refractivity contribution in [2.75, 3.05) is 18.6 Å². The van der Waals surface area contributed by atoms with E-state index in [4.69, 9.17) is 0 Å². The first-order valence-corrected chi connectivity index (χ1v) is 6.58. The van der Waals surface area contributed by atoms with Crippen LogP contribution in [0.25, 0.3) is 0 Å². The van der Waals surface area contributed by atoms with Crippen LogP contribution < -0.4 is 0 Å². The van der Waals surface area contributed by atoms with Crippen LogP contribution >= 0.6 is 11.8 Å². The Balaban J connectivity index is 2.09. The second-order valence-electron chi connectivity index (χ2n) is 3.86. The van der Waals surface area contributed by atoms with Crippen LogP contribution in [0.3, 0.4) is 0 Å². The van der Waals surface area contributed by atoms with E-state index in [0.29, 0.717) is 11.6 Å². The van der Waals surface area contributed by atoms with Gasteiger partial charge in [-0.3, -0.25) is 0 Å². The van der Waals surface area contributed by atoms with Crippen molar-refractivity contribution in [2.24, 2.45) is 0 Å². The van der Waals surface area contributed by atoms with E-state index in [1.54, 1.807) is 6.07 Å². The summed E-state index contributed by atoms with van der Waals surface area (Å²) in [7, 11) is 1.37. The molecule has 4 heteroatoms. The van der Waals surface area contributed by atoms with Gasteiger partial charge in [-0.1, -0.05) is 6.07 Å². The maximum atomic E-state index is 11.2. The Morgan fingerprint density at radius 2 is 2.19 bits per heavy atom. The van der Waals surface area contributed by atoms with E-state index in [2.05, 4.69) is 9.72 Å². The van der Waals surface area contributed by atoms with Crippen LogP contribution in [0.5, 0.6) is 0 Å². The van der Waals surface area contributed by atoms with Gasteiger partial charge in [0.1, 0.15) is 5.69 Å². The fourth-order valence-electron chi connectivity index (χ4n) is 1.90. The van der Waals surface area contributed by atoms with Crippen molar-refractivity contribution in [1.82, 2.24) is 4.98 Å². The Kier molecular flexibility index (Phi) is 3.83. The van der Waals surface area contributed by atoms with Crippen LogP contribution in [-0.2, 0) is 4.74 Å². The molecule has 0 radical (unpaired) electrons. The molecular formula is C12H15NO2S. The average Bonchev–Trinajstić information content (AvgIpc) is 2.39. The van der Waals surface area contributed by atoms with Gasteiger partial charge in [0.2, 0.25) is 0 Å². The van der Waals surface area contributed by atoms with E-state index in [1.807, 2.05) is 24.0 Å². The lowest BCUT2D eigenvalue weighted by molar-refractivity contribution is 0.0594. The quantitative estimate of drug-likeness (QED) is 0.741. The normalized spacial score (nSPS) is 17.1. The van der Waals surface area contributed by atoms with Gasteiger partial charge in [-0.2, -0.15) is 11.8 Å². The Bertz CT molecular complexity index is 358. The molecule has 0 saturated carbocycles. The summed E-state index contributed by atoms with van der Waals surface area (Å²) in [6.45, 7) is 0. The molecule has 0 aromatic carbocycles. The summed E-state index contributed by atoms with van der Waals surface area (Å²) in [5, 5.41) is 0. The molecule has 1 aromatic rings. The van der Waals surface area contributed by atoms with Gasteiger partial charge in [0, 0.05) is 6.20 Å². The molecule has 2 rings (SSSR count). The Morgan fingerprint density at radius 1 is 1.44 bits per heavy atom. The third-order valence-corrected chi connectivity index (χ3v) is 3.92. The van der Waals surface area contributed by atoms with E-state index < -0.39 is 0 Å². The highest BCUT2D eigenvalue weighted by Gasteiger charge is 2.16. The number of esters is 1. The van der Waals surface area contributed by atoms with Crippen molar-refractivity contribution in [3.8, 4) is 0 Å². The third-order valence-electron chi connectivity index (χ3n) is 2.87. The van der Waals surface area contributed by atoms with Crippen LogP contribution in [0.2, 0.25) is 0 Å². The molecular weight excluding hydrogens is 222 g/mol. The number of thioether (sulfide) groups is 1. The van der Waals surface area contributed by atoms with Gasteiger partial charge in [0.05, 0.1) is 7.11 Å². The van der Waals surface area contributed by atoms with E-state index in [0.717, 1.165) is 0 Å². The molecule has 0 bridgehead atoms. The molecule has 0 amide bonds. The predicted octanol–water partition coefficient (Wildman–Crippen LogP) is 2.48. The largest absolute Gasteiger partial charge is 0.464 e. The molecule has 1 aromatic heterocycles. The number of carbonyl (C=O) groups excluding carboxylic acids is 1. The van der Waals surface area contributed by atoms with Crippen LogP contribution in [0.15, 0.2) is 18.3 Å². The van der Waals surface area contributed by atoms with Gasteiger partial charge in [-0.15, -0.1) is 0 Å². The zero-order valence-electron chi connectivity index (χ0n) is 9.31. The Labute approximate surface area is 99.6 Å². The van der Waals surface area contributed by atoms with Crippen LogP contribution in [0, 0.1) is 0 Å². The van der Waals surface area contributed by atoms with Gasteiger partial charge < -0.3 is 4.74 Å². The predicted molar refractivity (Wildman–Crippen MR) is 64.9 cm³/mol. The topological polar surface area (TPSA) is 39.2 Å². The first-order valence-electron chi connectivity index (χ1n) is 5.43. The summed E-state index contributed by atoms with van der Waals surface area (Å²) >= 11 is 2.01. The highest BCUT2D eigenvalue weighted by Crippen LogP contribution is 2.30. The molecule has 1 aliphatic heterocycles. The Hall–Kier alpha value is -1.03. The van der Waals surface area contributed by atoms with Gasteiger partial charge in [0.25, 0.3) is 0 Å². The summed E-state index contributed by atoms with van der Waals surface area (Å²) in [6, 6.07) is 3.75. The molecule has 1 fully saturated rings. The summed E-state index contributed by atoms with van der Waals surface area (Å²) in [6.07, 6.45) is 4.24. The van der Waals surface area contributed by atoms with E-state index in [9.17, 15) is 4.79 Å². The van der Waals surface area contributed by atoms with E-state index in [-0.39, 0.29) is 5.97 Å². The molecule has 0 spiro atoms. The Morgan fingerprint density at radius 3 is 2.75 bits per heavy atom. The number of rotatable bonds is 2. The smallest absolute Gasteiger partial charge is 0.356 e. The number of nitrogens with zero attached hydrogens (tertiary/aromatic N) is 1. The fraction of sp³-hybridized carbons (Fsp3) is 0.500. The minimum atomic E-state index is -0.370. The second kappa shape index (κ2) is 5.34. The van der Waals surface area contributed by atoms with Gasteiger partial charge >= 0.3 is 5.97 Å². The lowest BCUT2D eigenvalue weighted by Gasteiger charge is -2.21. The van der Waals surface area contributed by atoms with Crippen molar-refractivity contribution in [2.45, 2.75) is 18.8 Å². The van der Waals surface area contributed by atoms with Crippen LogP contribution in [0.1, 0.15) is 34.8 Å². The van der Waals surface area contributed by atoms with E-state index in [1.165, 1.54) is 37.0 Å². The van der Waals surface area contributed by atoms with Crippen LogP contribution in [-0.4, -0.2) is 29.6 Å². The van der Waals surface area contributed by atoms with Gasteiger partial charge in [-0.05, 0) is 41.9 Å². The average molecular weight is 237 g/mol. The molecule has 0 unspecified atom stereocenters. The molecule has 16 heavy (non-hydrogen) atoms. The number of aromatic nitrogens is 1. The number of ether oxygens (including phenoxy) is 1. The molecule has 0 atom stereocenters. The van der Waals surface area contributed by atoms with Crippen molar-refractivity contribution in [3.63, 3.8) is 0 Å². The fourth-order valence-corrected chi connectivity index (χ4v) is 3.01. The summed E-state index contributed by atoms with van der Waals surface area (Å²) in [5.74, 6) is 2.69. The SMILES string of the molecule is COC(=O)c1ccc(C2CCSCC2)cn1. The number of carbonyl (C=O) groups is 1. The summed E-state index contributed by atoms with van der Waals surface area (Å²) in [5.41, 5.74) is 1.63. The maximum Gasteiger partial charge on any atom is 0.356 e. The monoisotopic (exact) mass is 237 g/mol. The zero-order valence-corrected chi connectivity index (χ0v) is 10.1. The molecule has 1 saturated heterocycles. The third kappa shape index (κ3) is 2.55. The highest BCUT2D eigenvalue weighted by molar-refractivity contribution is 7.99. The molecule has 0 N–H and O–H groups in total. The minimum Gasteiger partial charge on any atom is -0.464 e. The molecule has 86 valence electrons. The zero-order chi connectivity index (χ0) is 11.4. The van der Waals surface area contributed by atoms with Crippen molar-refractivity contribution < 1.29 is 9.53 Å². The number of hydrogen-bond donors (Lipinski definition) is 0. The molecule has 0 aliphatic carbocycles. The second-order valence-corrected chi connectivity index (χ2v) is 5.08. The first kappa shape index (κ1) is 11.5. The standard InChI is InChI=1S/C12H15NO2S/c1-15-12(14)11-3-2-10(8-13-11)9-4-6-16-7-5-9/h2-3,8-9H,4-7H2,1H3. The number of hydrogen-bond acceptors (Lipinski definition) is 4. The van der Waals surface area contributed by atoms with Gasteiger partial charge in [0.15, 0.2) is 0 Å². The molecule has 2 heterocycles. The number of methoxy groups -OCH3 is 1. The van der Waals surface area contributed by atoms with Crippen LogP contribution in [0.4, 0.5) is 0 Å². The van der Waals surface area contributed by atoms with Crippen molar-refractivity contribution >= 4 is 17.7 Å². The maximum absolute atomic E-state index is 11.2. The summed E-state index contributed by atoms with van der Waals surface area (Å²) < 4.78 is 4.62. The number of pyridine rings is 1. The molecule has 3 nitrogen and oxygen atoms in total. The summed E-state index contributed by atoms with van der Waals surface area (Å²) in [4.78, 5) is 15.4. The lowest BCUT2D eigenvalue weighted by atomic mass is 9.95. The highest BCUT2D eigenvalue weighted by atomic mass is 32.2. The van der Waals surface area contributed by atoms with Crippen molar-refractivity contribution in [3.05, 3.63) is 29.6 Å². The van der Waals surface area contributed by atoms with Gasteiger partial charge in [-0.25, -0.2) is 9.78 Å². The lowest BCUT2D eigenvalue weighted by Crippen LogP contribution is -2.09. The van der Waals surface area contributed by atoms with E-state index >= 15 is 0 Å². The first-order chi connectivity index (χ1) is 7.81.